The zero-order valence-corrected chi connectivity index (χ0v) is 22.9. The maximum atomic E-state index is 14.3. The van der Waals surface area contributed by atoms with Gasteiger partial charge in [0.15, 0.2) is 6.29 Å². The molecule has 3 heterocycles. The first kappa shape index (κ1) is 29.6. The van der Waals surface area contributed by atoms with Crippen LogP contribution in [0, 0.1) is 10.1 Å². The van der Waals surface area contributed by atoms with Crippen molar-refractivity contribution in [1.29, 1.82) is 0 Å². The van der Waals surface area contributed by atoms with Gasteiger partial charge in [0.2, 0.25) is 11.6 Å². The summed E-state index contributed by atoms with van der Waals surface area (Å²) >= 11 is 0. The van der Waals surface area contributed by atoms with Gasteiger partial charge >= 0.3 is 0 Å². The lowest BCUT2D eigenvalue weighted by atomic mass is 9.91. The molecule has 2 saturated heterocycles. The summed E-state index contributed by atoms with van der Waals surface area (Å²) in [5.74, 6) is -1.23. The minimum absolute atomic E-state index is 0.0439. The number of amides is 2. The molecule has 2 aliphatic heterocycles. The molecule has 0 aliphatic carbocycles. The Labute approximate surface area is 239 Å². The highest BCUT2D eigenvalue weighted by atomic mass is 16.7. The summed E-state index contributed by atoms with van der Waals surface area (Å²) in [5, 5.41) is 52.9. The van der Waals surface area contributed by atoms with E-state index in [0.29, 0.717) is 22.0 Å². The molecule has 2 aliphatic rings. The maximum Gasteiger partial charge on any atom is 0.279 e. The molecular weight excluding hydrogens is 552 g/mol. The predicted molar refractivity (Wildman–Crippen MR) is 146 cm³/mol. The van der Waals surface area contributed by atoms with Crippen LogP contribution >= 0.6 is 0 Å². The van der Waals surface area contributed by atoms with Gasteiger partial charge in [-0.3, -0.25) is 19.7 Å². The Hall–Kier alpha value is -3.92. The molecule has 0 bridgehead atoms. The molecule has 2 aromatic carbocycles. The minimum atomic E-state index is -2.07. The van der Waals surface area contributed by atoms with E-state index < -0.39 is 65.8 Å². The number of non-ortho nitro benzene ring substituents is 1. The molecule has 7 atom stereocenters. The van der Waals surface area contributed by atoms with Gasteiger partial charge in [-0.15, -0.1) is 0 Å². The Morgan fingerprint density at radius 3 is 2.43 bits per heavy atom. The third-order valence-corrected chi connectivity index (χ3v) is 8.10. The number of nitrogens with one attached hydrogen (secondary N) is 1. The fourth-order valence-corrected chi connectivity index (χ4v) is 5.70. The number of nitrogens with zero attached hydrogens (tertiary/aromatic N) is 3. The number of aliphatic hydroxyl groups excluding tert-OH is 4. The number of aromatic amines is 1. The van der Waals surface area contributed by atoms with Crippen molar-refractivity contribution in [2.75, 3.05) is 20.7 Å². The van der Waals surface area contributed by atoms with Gasteiger partial charge in [0.1, 0.15) is 30.5 Å². The van der Waals surface area contributed by atoms with Crippen molar-refractivity contribution in [3.8, 4) is 0 Å². The second-order valence-corrected chi connectivity index (χ2v) is 10.6. The van der Waals surface area contributed by atoms with Crippen LogP contribution < -0.4 is 0 Å². The van der Waals surface area contributed by atoms with Gasteiger partial charge in [-0.05, 0) is 17.2 Å². The Balaban J connectivity index is 1.52. The van der Waals surface area contributed by atoms with Gasteiger partial charge in [0.05, 0.1) is 22.4 Å². The summed E-state index contributed by atoms with van der Waals surface area (Å²) < 4.78 is 11.7. The van der Waals surface area contributed by atoms with E-state index in [1.807, 2.05) is 0 Å². The normalized spacial score (nSPS) is 30.2. The van der Waals surface area contributed by atoms with Crippen molar-refractivity contribution in [1.82, 2.24) is 14.8 Å². The number of carbonyl (C=O) groups excluding carboxylic acids is 2. The van der Waals surface area contributed by atoms with Crippen LogP contribution in [0.25, 0.3) is 10.9 Å². The highest BCUT2D eigenvalue weighted by Crippen LogP contribution is 2.37. The molecule has 14 nitrogen and oxygen atoms in total. The van der Waals surface area contributed by atoms with Crippen molar-refractivity contribution in [2.24, 2.45) is 0 Å². The summed E-state index contributed by atoms with van der Waals surface area (Å²) in [6, 6.07) is 12.2. The van der Waals surface area contributed by atoms with Crippen molar-refractivity contribution in [3.63, 3.8) is 0 Å². The Morgan fingerprint density at radius 1 is 1.05 bits per heavy atom. The predicted octanol–water partition coefficient (Wildman–Crippen LogP) is -0.327. The number of H-pyrrole nitrogens is 1. The fraction of sp³-hybridized carbons (Fsp3) is 0.429. The summed E-state index contributed by atoms with van der Waals surface area (Å²) in [6.07, 6.45) is -6.88. The van der Waals surface area contributed by atoms with E-state index in [2.05, 4.69) is 4.98 Å². The smallest absolute Gasteiger partial charge is 0.279 e. The minimum Gasteiger partial charge on any atom is -0.394 e. The third kappa shape index (κ3) is 4.91. The lowest BCUT2D eigenvalue weighted by Crippen LogP contribution is -2.74. The van der Waals surface area contributed by atoms with Crippen LogP contribution in [0.1, 0.15) is 11.1 Å². The largest absolute Gasteiger partial charge is 0.394 e. The summed E-state index contributed by atoms with van der Waals surface area (Å²) in [7, 11) is 2.78. The molecule has 5 rings (SSSR count). The van der Waals surface area contributed by atoms with Crippen molar-refractivity contribution >= 4 is 28.4 Å². The van der Waals surface area contributed by atoms with Crippen LogP contribution in [0.3, 0.4) is 0 Å². The Bertz CT molecular complexity index is 1480. The number of benzene rings is 2. The maximum absolute atomic E-state index is 14.3. The van der Waals surface area contributed by atoms with Crippen LogP contribution in [0.15, 0.2) is 54.7 Å². The molecule has 2 amide bonds. The second-order valence-electron chi connectivity index (χ2n) is 10.6. The summed E-state index contributed by atoms with van der Waals surface area (Å²) in [5.41, 5.74) is -0.625. The molecular formula is C28H32N4O10. The van der Waals surface area contributed by atoms with Gasteiger partial charge in [-0.25, -0.2) is 0 Å². The van der Waals surface area contributed by atoms with Gasteiger partial charge in [-0.2, -0.15) is 0 Å². The highest BCUT2D eigenvalue weighted by Gasteiger charge is 2.58. The topological polar surface area (TPSA) is 199 Å². The summed E-state index contributed by atoms with van der Waals surface area (Å²) in [6.45, 7) is -0.710. The van der Waals surface area contributed by atoms with E-state index in [9.17, 15) is 40.1 Å². The van der Waals surface area contributed by atoms with Crippen molar-refractivity contribution < 1.29 is 44.4 Å². The molecule has 0 unspecified atom stereocenters. The van der Waals surface area contributed by atoms with Gasteiger partial charge in [0.25, 0.3) is 11.6 Å². The fourth-order valence-electron chi connectivity index (χ4n) is 5.70. The number of fused-ring (bicyclic) bond motifs is 1. The molecule has 3 aromatic rings. The lowest BCUT2D eigenvalue weighted by Gasteiger charge is -2.52. The first-order chi connectivity index (χ1) is 20.0. The van der Waals surface area contributed by atoms with Crippen LogP contribution in [-0.2, 0) is 31.9 Å². The van der Waals surface area contributed by atoms with E-state index in [1.54, 1.807) is 48.7 Å². The highest BCUT2D eigenvalue weighted by molar-refractivity contribution is 6.00. The Morgan fingerprint density at radius 2 is 1.76 bits per heavy atom. The average molecular weight is 585 g/mol. The third-order valence-electron chi connectivity index (χ3n) is 8.10. The monoisotopic (exact) mass is 584 g/mol. The molecule has 224 valence electrons. The van der Waals surface area contributed by atoms with E-state index in [4.69, 9.17) is 9.47 Å². The number of aliphatic hydroxyl groups is 4. The van der Waals surface area contributed by atoms with E-state index in [1.165, 1.54) is 25.1 Å². The van der Waals surface area contributed by atoms with E-state index in [-0.39, 0.29) is 18.5 Å². The van der Waals surface area contributed by atoms with Gasteiger partial charge in [-0.1, -0.05) is 36.4 Å². The van der Waals surface area contributed by atoms with Crippen LogP contribution in [-0.4, -0.2) is 115 Å². The number of aromatic nitrogens is 1. The average Bonchev–Trinajstić information content (AvgIpc) is 3.40. The number of rotatable bonds is 8. The molecule has 0 radical (unpaired) electrons. The molecule has 2 fully saturated rings. The molecule has 14 heteroatoms. The number of piperazine rings is 1. The van der Waals surface area contributed by atoms with Crippen molar-refractivity contribution in [3.05, 3.63) is 76.0 Å². The second kappa shape index (κ2) is 11.4. The van der Waals surface area contributed by atoms with E-state index in [0.717, 1.165) is 4.90 Å². The SMILES string of the molecule is CN1C(=O)[C@@](Cc2ccccc2)(O[C@@H]2O[C@H](CO)[C@@H](O)[C@H](O)[C@H]2O)N(C)C(=O)[C@@H]1Cc1c[nH]c2cccc([N+](=O)[O-])c12. The number of carbonyl (C=O) groups is 2. The molecule has 42 heavy (non-hydrogen) atoms. The van der Waals surface area contributed by atoms with Crippen molar-refractivity contribution in [2.45, 2.75) is 55.3 Å². The lowest BCUT2D eigenvalue weighted by molar-refractivity contribution is -0.383. The zero-order valence-electron chi connectivity index (χ0n) is 22.9. The molecule has 5 N–H and O–H groups in total. The number of hydrogen-bond acceptors (Lipinski definition) is 10. The van der Waals surface area contributed by atoms with Crippen LogP contribution in [0.4, 0.5) is 5.69 Å². The zero-order chi connectivity index (χ0) is 30.3. The van der Waals surface area contributed by atoms with Gasteiger partial charge in [0, 0.05) is 39.2 Å². The standard InChI is InChI=1S/C28H32N4O10/c1-30-19(11-16-13-29-17-9-6-10-18(21(16)17)32(39)40)25(37)31(2)28(27(30)38,12-15-7-4-3-5-8-15)42-26-24(36)23(35)22(34)20(14-33)41-26/h3-10,13,19-20,22-24,26,29,33-36H,11-12,14H2,1-2H3/t19-,20+,22+,23-,24+,26-,28+/m0/s1. The van der Waals surface area contributed by atoms with E-state index >= 15 is 0 Å². The first-order valence-corrected chi connectivity index (χ1v) is 13.3. The number of ether oxygens (including phenoxy) is 2. The summed E-state index contributed by atoms with van der Waals surface area (Å²) in [4.78, 5) is 44.7. The Kier molecular flexibility index (Phi) is 8.02. The number of hydrogen-bond donors (Lipinski definition) is 5. The number of likely N-dealkylation sites (N-methyl/N-ethyl adjacent to an activating group) is 2. The van der Waals surface area contributed by atoms with Crippen LogP contribution in [0.2, 0.25) is 0 Å². The number of nitro groups is 1. The van der Waals surface area contributed by atoms with Gasteiger partial charge < -0.3 is 44.7 Å². The first-order valence-electron chi connectivity index (χ1n) is 13.3. The number of nitro benzene ring substituents is 1. The quantitative estimate of drug-likeness (QED) is 0.173. The molecule has 0 saturated carbocycles. The molecule has 0 spiro atoms. The molecule has 1 aromatic heterocycles. The van der Waals surface area contributed by atoms with Crippen LogP contribution in [0.5, 0.6) is 0 Å².